The van der Waals surface area contributed by atoms with Gasteiger partial charge in [0.05, 0.1) is 33.6 Å². The van der Waals surface area contributed by atoms with Crippen molar-refractivity contribution in [2.45, 2.75) is 13.8 Å². The van der Waals surface area contributed by atoms with Crippen molar-refractivity contribution in [3.63, 3.8) is 0 Å². The highest BCUT2D eigenvalue weighted by molar-refractivity contribution is 14.1. The molecular weight excluding hydrogens is 578 g/mol. The highest BCUT2D eigenvalue weighted by Gasteiger charge is 2.15. The van der Waals surface area contributed by atoms with Crippen LogP contribution in [0.15, 0.2) is 59.7 Å². The number of hydrogen-bond donors (Lipinski definition) is 2. The summed E-state index contributed by atoms with van der Waals surface area (Å²) in [4.78, 5) is 24.5. The van der Waals surface area contributed by atoms with E-state index in [1.807, 2.05) is 60.7 Å². The summed E-state index contributed by atoms with van der Waals surface area (Å²) in [5.74, 6) is -1.09. The summed E-state index contributed by atoms with van der Waals surface area (Å²) in [5, 5.41) is 15.5. The van der Waals surface area contributed by atoms with Gasteiger partial charge < -0.3 is 14.8 Å². The normalized spacial score (nSPS) is 10.5. The minimum atomic E-state index is -0.817. The number of hydrogen-bond acceptors (Lipinski definition) is 6. The third kappa shape index (κ3) is 7.26. The minimum Gasteiger partial charge on any atom is -0.490 e. The Hall–Kier alpha value is -3.98. The van der Waals surface area contributed by atoms with Crippen molar-refractivity contribution in [1.29, 1.82) is 5.26 Å². The zero-order valence-corrected chi connectivity index (χ0v) is 21.6. The lowest BCUT2D eigenvalue weighted by molar-refractivity contribution is -0.118. The lowest BCUT2D eigenvalue weighted by Gasteiger charge is -2.14. The van der Waals surface area contributed by atoms with Crippen molar-refractivity contribution in [3.8, 4) is 17.6 Å². The SMILES string of the molecule is CCOc1cc(/C=N\NC(=O)c2ccc(C#N)cc2F)cc(I)c1OCC(=O)Nc1ccc(C)cc1. The van der Waals surface area contributed by atoms with Gasteiger partial charge in [-0.05, 0) is 84.5 Å². The van der Waals surface area contributed by atoms with Crippen LogP contribution in [0.3, 0.4) is 0 Å². The molecule has 0 atom stereocenters. The first-order valence-electron chi connectivity index (χ1n) is 10.8. The summed E-state index contributed by atoms with van der Waals surface area (Å²) in [6, 6.07) is 16.1. The fourth-order valence-electron chi connectivity index (χ4n) is 3.03. The number of hydrazone groups is 1. The van der Waals surface area contributed by atoms with Gasteiger partial charge in [0.15, 0.2) is 18.1 Å². The predicted molar refractivity (Wildman–Crippen MR) is 142 cm³/mol. The molecular formula is C26H22FIN4O4. The van der Waals surface area contributed by atoms with Crippen molar-refractivity contribution in [2.75, 3.05) is 18.5 Å². The molecule has 8 nitrogen and oxygen atoms in total. The third-order valence-electron chi connectivity index (χ3n) is 4.74. The van der Waals surface area contributed by atoms with Gasteiger partial charge in [-0.15, -0.1) is 0 Å². The van der Waals surface area contributed by atoms with E-state index in [1.165, 1.54) is 18.3 Å². The van der Waals surface area contributed by atoms with E-state index in [9.17, 15) is 14.0 Å². The maximum Gasteiger partial charge on any atom is 0.274 e. The average Bonchev–Trinajstić information content (AvgIpc) is 2.85. The summed E-state index contributed by atoms with van der Waals surface area (Å²) in [6.45, 7) is 3.91. The highest BCUT2D eigenvalue weighted by Crippen LogP contribution is 2.34. The van der Waals surface area contributed by atoms with E-state index >= 15 is 0 Å². The van der Waals surface area contributed by atoms with E-state index in [-0.39, 0.29) is 23.6 Å². The molecule has 2 amide bonds. The Labute approximate surface area is 221 Å². The second-order valence-electron chi connectivity index (χ2n) is 7.47. The standard InChI is InChI=1S/C26H22FIN4O4/c1-3-35-23-12-18(14-30-32-26(34)20-9-6-17(13-29)10-21(20)27)11-22(28)25(23)36-15-24(33)31-19-7-4-16(2)5-8-19/h4-12,14H,3,15H2,1-2H3,(H,31,33)(H,32,34)/b30-14-. The Morgan fingerprint density at radius 1 is 1.14 bits per heavy atom. The second kappa shape index (κ2) is 12.6. The second-order valence-corrected chi connectivity index (χ2v) is 8.63. The highest BCUT2D eigenvalue weighted by atomic mass is 127. The number of ether oxygens (including phenoxy) is 2. The molecule has 0 aliphatic heterocycles. The number of carbonyl (C=O) groups excluding carboxylic acids is 2. The van der Waals surface area contributed by atoms with Gasteiger partial charge in [0.25, 0.3) is 11.8 Å². The van der Waals surface area contributed by atoms with E-state index < -0.39 is 11.7 Å². The number of carbonyl (C=O) groups is 2. The summed E-state index contributed by atoms with van der Waals surface area (Å²) < 4.78 is 26.1. The Balaban J connectivity index is 1.67. The maximum absolute atomic E-state index is 14.0. The number of aryl methyl sites for hydroxylation is 1. The van der Waals surface area contributed by atoms with Crippen LogP contribution in [0.2, 0.25) is 0 Å². The number of halogens is 2. The predicted octanol–water partition coefficient (Wildman–Crippen LogP) is 4.79. The maximum atomic E-state index is 14.0. The van der Waals surface area contributed by atoms with Gasteiger partial charge in [-0.1, -0.05) is 17.7 Å². The molecule has 0 radical (unpaired) electrons. The summed E-state index contributed by atoms with van der Waals surface area (Å²) in [5.41, 5.74) is 4.48. The van der Waals surface area contributed by atoms with Crippen LogP contribution in [0, 0.1) is 27.6 Å². The Kier molecular flexibility index (Phi) is 9.35. The monoisotopic (exact) mass is 600 g/mol. The lowest BCUT2D eigenvalue weighted by atomic mass is 10.1. The molecule has 0 aliphatic carbocycles. The topological polar surface area (TPSA) is 113 Å². The third-order valence-corrected chi connectivity index (χ3v) is 5.54. The summed E-state index contributed by atoms with van der Waals surface area (Å²) in [7, 11) is 0. The smallest absolute Gasteiger partial charge is 0.274 e. The number of nitrogens with one attached hydrogen (secondary N) is 2. The van der Waals surface area contributed by atoms with E-state index in [0.29, 0.717) is 32.9 Å². The van der Waals surface area contributed by atoms with Gasteiger partial charge in [0, 0.05) is 5.69 Å². The number of anilines is 1. The summed E-state index contributed by atoms with van der Waals surface area (Å²) >= 11 is 2.05. The van der Waals surface area contributed by atoms with Gasteiger partial charge in [-0.3, -0.25) is 9.59 Å². The van der Waals surface area contributed by atoms with Crippen LogP contribution in [-0.2, 0) is 4.79 Å². The molecule has 0 saturated heterocycles. The van der Waals surface area contributed by atoms with Crippen molar-refractivity contribution < 1.29 is 23.5 Å². The van der Waals surface area contributed by atoms with Crippen molar-refractivity contribution in [2.24, 2.45) is 5.10 Å². The molecule has 0 spiro atoms. The average molecular weight is 600 g/mol. The van der Waals surface area contributed by atoms with Gasteiger partial charge in [0.1, 0.15) is 5.82 Å². The quantitative estimate of drug-likeness (QED) is 0.209. The van der Waals surface area contributed by atoms with E-state index in [0.717, 1.165) is 11.6 Å². The zero-order valence-electron chi connectivity index (χ0n) is 19.5. The van der Waals surface area contributed by atoms with Crippen molar-refractivity contribution in [3.05, 3.63) is 86.2 Å². The molecule has 0 aliphatic rings. The molecule has 3 aromatic carbocycles. The lowest BCUT2D eigenvalue weighted by Crippen LogP contribution is -2.20. The fraction of sp³-hybridized carbons (Fsp3) is 0.154. The number of nitrogens with zero attached hydrogens (tertiary/aromatic N) is 2. The van der Waals surface area contributed by atoms with Crippen LogP contribution in [0.5, 0.6) is 11.5 Å². The molecule has 0 fully saturated rings. The van der Waals surface area contributed by atoms with Gasteiger partial charge >= 0.3 is 0 Å². The molecule has 0 unspecified atom stereocenters. The zero-order chi connectivity index (χ0) is 26.1. The molecule has 0 aromatic heterocycles. The van der Waals surface area contributed by atoms with Crippen molar-refractivity contribution >= 4 is 46.3 Å². The Morgan fingerprint density at radius 2 is 1.89 bits per heavy atom. The van der Waals surface area contributed by atoms with E-state index in [4.69, 9.17) is 14.7 Å². The Morgan fingerprint density at radius 3 is 2.56 bits per heavy atom. The Bertz CT molecular complexity index is 1340. The van der Waals surface area contributed by atoms with Gasteiger partial charge in [0.2, 0.25) is 0 Å². The largest absolute Gasteiger partial charge is 0.490 e. The molecule has 36 heavy (non-hydrogen) atoms. The molecule has 3 aromatic rings. The van der Waals surface area contributed by atoms with Crippen LogP contribution in [0.1, 0.15) is 34.0 Å². The summed E-state index contributed by atoms with van der Waals surface area (Å²) in [6.07, 6.45) is 1.37. The van der Waals surface area contributed by atoms with Gasteiger partial charge in [-0.25, -0.2) is 9.82 Å². The molecule has 184 valence electrons. The number of rotatable bonds is 9. The van der Waals surface area contributed by atoms with E-state index in [1.54, 1.807) is 18.2 Å². The first-order chi connectivity index (χ1) is 17.3. The number of nitriles is 1. The van der Waals surface area contributed by atoms with Gasteiger partial charge in [-0.2, -0.15) is 10.4 Å². The van der Waals surface area contributed by atoms with Crippen LogP contribution < -0.4 is 20.2 Å². The molecule has 0 bridgehead atoms. The minimum absolute atomic E-state index is 0.112. The molecule has 0 saturated carbocycles. The molecule has 0 heterocycles. The molecule has 10 heteroatoms. The number of amides is 2. The van der Waals surface area contributed by atoms with Crippen LogP contribution in [0.4, 0.5) is 10.1 Å². The molecule has 3 rings (SSSR count). The van der Waals surface area contributed by atoms with Crippen LogP contribution in [0.25, 0.3) is 0 Å². The molecule has 2 N–H and O–H groups in total. The first kappa shape index (κ1) is 26.6. The van der Waals surface area contributed by atoms with E-state index in [2.05, 4.69) is 15.8 Å². The van der Waals surface area contributed by atoms with Crippen LogP contribution >= 0.6 is 22.6 Å². The van der Waals surface area contributed by atoms with Crippen LogP contribution in [-0.4, -0.2) is 31.2 Å². The van der Waals surface area contributed by atoms with Crippen molar-refractivity contribution in [1.82, 2.24) is 5.43 Å². The first-order valence-corrected chi connectivity index (χ1v) is 11.9. The number of benzene rings is 3. The fourth-order valence-corrected chi connectivity index (χ4v) is 3.81.